The molecule has 1 aliphatic rings. The third-order valence-electron chi connectivity index (χ3n) is 2.43. The minimum Gasteiger partial charge on any atom is -0.475 e. The van der Waals surface area contributed by atoms with Gasteiger partial charge in [0.25, 0.3) is 0 Å². The van der Waals surface area contributed by atoms with Crippen LogP contribution in [0.3, 0.4) is 0 Å². The number of carbonyl (C=O) groups is 1. The Kier molecular flexibility index (Phi) is 2.37. The van der Waals surface area contributed by atoms with Crippen LogP contribution in [-0.2, 0) is 0 Å². The topological polar surface area (TPSA) is 63.1 Å². The van der Waals surface area contributed by atoms with Crippen LogP contribution in [0, 0.1) is 0 Å². The van der Waals surface area contributed by atoms with Gasteiger partial charge in [-0.25, -0.2) is 14.8 Å². The highest BCUT2D eigenvalue weighted by atomic mass is 35.5. The van der Waals surface area contributed by atoms with E-state index in [0.717, 1.165) is 18.5 Å². The number of hydrogen-bond acceptors (Lipinski definition) is 3. The third-order valence-corrected chi connectivity index (χ3v) is 2.62. The van der Waals surface area contributed by atoms with E-state index >= 15 is 0 Å². The van der Waals surface area contributed by atoms with Crippen molar-refractivity contribution >= 4 is 17.6 Å². The molecule has 0 saturated heterocycles. The largest absolute Gasteiger partial charge is 0.475 e. The van der Waals surface area contributed by atoms with E-state index in [4.69, 9.17) is 16.7 Å². The molecular weight excluding hydrogens is 204 g/mol. The molecule has 14 heavy (non-hydrogen) atoms. The Morgan fingerprint density at radius 2 is 2.21 bits per heavy atom. The first kappa shape index (κ1) is 9.40. The number of rotatable bonds is 2. The molecule has 1 aromatic rings. The van der Waals surface area contributed by atoms with Gasteiger partial charge in [-0.1, -0.05) is 18.0 Å². The number of carboxylic acids is 1. The van der Waals surface area contributed by atoms with Crippen molar-refractivity contribution < 1.29 is 9.90 Å². The summed E-state index contributed by atoms with van der Waals surface area (Å²) in [6, 6.07) is 1.65. The summed E-state index contributed by atoms with van der Waals surface area (Å²) in [5.41, 5.74) is 0.758. The summed E-state index contributed by atoms with van der Waals surface area (Å²) in [5.74, 6) is -0.971. The van der Waals surface area contributed by atoms with Crippen molar-refractivity contribution in [3.8, 4) is 0 Å². The van der Waals surface area contributed by atoms with E-state index < -0.39 is 5.97 Å². The van der Waals surface area contributed by atoms with Crippen molar-refractivity contribution in [1.29, 1.82) is 0 Å². The molecule has 5 heteroatoms. The number of aromatic carboxylic acids is 1. The van der Waals surface area contributed by atoms with Gasteiger partial charge in [-0.15, -0.1) is 0 Å². The average molecular weight is 213 g/mol. The van der Waals surface area contributed by atoms with Gasteiger partial charge in [-0.2, -0.15) is 0 Å². The van der Waals surface area contributed by atoms with Crippen molar-refractivity contribution in [2.45, 2.75) is 25.2 Å². The number of halogens is 1. The Hall–Kier alpha value is -1.16. The van der Waals surface area contributed by atoms with Crippen LogP contribution in [0.4, 0.5) is 0 Å². The summed E-state index contributed by atoms with van der Waals surface area (Å²) in [6.07, 6.45) is 3.30. The molecule has 74 valence electrons. The summed E-state index contributed by atoms with van der Waals surface area (Å²) in [7, 11) is 0. The van der Waals surface area contributed by atoms with Gasteiger partial charge < -0.3 is 5.11 Å². The SMILES string of the molecule is O=C(O)c1nc(Cl)cc(C2CCC2)n1. The zero-order valence-electron chi connectivity index (χ0n) is 7.40. The second-order valence-corrected chi connectivity index (χ2v) is 3.76. The molecule has 0 aliphatic heterocycles. The molecule has 1 saturated carbocycles. The molecule has 1 heterocycles. The molecule has 0 spiro atoms. The molecule has 0 bridgehead atoms. The molecule has 0 unspecified atom stereocenters. The second kappa shape index (κ2) is 3.53. The Balaban J connectivity index is 2.35. The van der Waals surface area contributed by atoms with E-state index in [-0.39, 0.29) is 11.0 Å². The van der Waals surface area contributed by atoms with Crippen LogP contribution in [0.2, 0.25) is 5.15 Å². The summed E-state index contributed by atoms with van der Waals surface area (Å²) in [4.78, 5) is 18.2. The Morgan fingerprint density at radius 3 is 2.71 bits per heavy atom. The van der Waals surface area contributed by atoms with Gasteiger partial charge in [0.15, 0.2) is 0 Å². The van der Waals surface area contributed by atoms with Gasteiger partial charge in [0.2, 0.25) is 5.82 Å². The van der Waals surface area contributed by atoms with Crippen molar-refractivity contribution in [2.75, 3.05) is 0 Å². The van der Waals surface area contributed by atoms with Crippen molar-refractivity contribution in [3.63, 3.8) is 0 Å². The molecular formula is C9H9ClN2O2. The first-order valence-electron chi connectivity index (χ1n) is 4.44. The van der Waals surface area contributed by atoms with Crippen molar-refractivity contribution in [1.82, 2.24) is 9.97 Å². The normalized spacial score (nSPS) is 16.4. The maximum absolute atomic E-state index is 10.7. The zero-order chi connectivity index (χ0) is 10.1. The maximum atomic E-state index is 10.7. The number of nitrogens with zero attached hydrogens (tertiary/aromatic N) is 2. The number of aromatic nitrogens is 2. The molecule has 1 aromatic heterocycles. The first-order valence-corrected chi connectivity index (χ1v) is 4.82. The summed E-state index contributed by atoms with van der Waals surface area (Å²) in [6.45, 7) is 0. The van der Waals surface area contributed by atoms with E-state index in [9.17, 15) is 4.79 Å². The molecule has 1 fully saturated rings. The third kappa shape index (κ3) is 1.70. The van der Waals surface area contributed by atoms with E-state index in [0.29, 0.717) is 5.92 Å². The van der Waals surface area contributed by atoms with Crippen LogP contribution in [0.1, 0.15) is 41.5 Å². The van der Waals surface area contributed by atoms with Gasteiger partial charge >= 0.3 is 5.97 Å². The van der Waals surface area contributed by atoms with Crippen LogP contribution in [0.5, 0.6) is 0 Å². The van der Waals surface area contributed by atoms with Crippen LogP contribution in [-0.4, -0.2) is 21.0 Å². The van der Waals surface area contributed by atoms with Gasteiger partial charge in [0, 0.05) is 11.6 Å². The lowest BCUT2D eigenvalue weighted by molar-refractivity contribution is 0.0683. The fourth-order valence-corrected chi connectivity index (χ4v) is 1.64. The average Bonchev–Trinajstić information content (AvgIpc) is 1.99. The minimum atomic E-state index is -1.13. The lowest BCUT2D eigenvalue weighted by Crippen LogP contribution is -2.14. The predicted octanol–water partition coefficient (Wildman–Crippen LogP) is 2.10. The highest BCUT2D eigenvalue weighted by Crippen LogP contribution is 2.35. The molecule has 0 aromatic carbocycles. The minimum absolute atomic E-state index is 0.208. The number of carboxylic acid groups (broad SMARTS) is 1. The zero-order valence-corrected chi connectivity index (χ0v) is 8.16. The van der Waals surface area contributed by atoms with E-state index in [2.05, 4.69) is 9.97 Å². The van der Waals surface area contributed by atoms with E-state index in [1.807, 2.05) is 0 Å². The van der Waals surface area contributed by atoms with Gasteiger partial charge in [0.1, 0.15) is 5.15 Å². The molecule has 4 nitrogen and oxygen atoms in total. The van der Waals surface area contributed by atoms with Gasteiger partial charge in [-0.05, 0) is 18.9 Å². The smallest absolute Gasteiger partial charge is 0.373 e. The van der Waals surface area contributed by atoms with Crippen LogP contribution in [0.15, 0.2) is 6.07 Å². The van der Waals surface area contributed by atoms with Crippen molar-refractivity contribution in [2.24, 2.45) is 0 Å². The molecule has 1 N–H and O–H groups in total. The monoisotopic (exact) mass is 212 g/mol. The van der Waals surface area contributed by atoms with Crippen LogP contribution < -0.4 is 0 Å². The Bertz CT molecular complexity index is 377. The van der Waals surface area contributed by atoms with Crippen LogP contribution in [0.25, 0.3) is 0 Å². The molecule has 0 radical (unpaired) electrons. The molecule has 2 rings (SSSR count). The standard InChI is InChI=1S/C9H9ClN2O2/c10-7-4-6(5-2-1-3-5)11-8(12-7)9(13)14/h4-5H,1-3H2,(H,13,14). The summed E-state index contributed by atoms with van der Waals surface area (Å²) >= 11 is 5.70. The second-order valence-electron chi connectivity index (χ2n) is 3.37. The summed E-state index contributed by atoms with van der Waals surface area (Å²) < 4.78 is 0. The molecule has 0 atom stereocenters. The van der Waals surface area contributed by atoms with E-state index in [1.54, 1.807) is 6.07 Å². The molecule has 1 aliphatic carbocycles. The predicted molar refractivity (Wildman–Crippen MR) is 50.6 cm³/mol. The lowest BCUT2D eigenvalue weighted by atomic mass is 9.83. The van der Waals surface area contributed by atoms with Crippen LogP contribution >= 0.6 is 11.6 Å². The first-order chi connectivity index (χ1) is 6.66. The quantitative estimate of drug-likeness (QED) is 0.763. The lowest BCUT2D eigenvalue weighted by Gasteiger charge is -2.24. The van der Waals surface area contributed by atoms with Crippen molar-refractivity contribution in [3.05, 3.63) is 22.7 Å². The van der Waals surface area contributed by atoms with Gasteiger partial charge in [0.05, 0.1) is 0 Å². The number of hydrogen-bond donors (Lipinski definition) is 1. The Labute approximate surface area is 85.9 Å². The van der Waals surface area contributed by atoms with E-state index in [1.165, 1.54) is 6.42 Å². The maximum Gasteiger partial charge on any atom is 0.373 e. The highest BCUT2D eigenvalue weighted by molar-refractivity contribution is 6.29. The molecule has 0 amide bonds. The fourth-order valence-electron chi connectivity index (χ4n) is 1.44. The van der Waals surface area contributed by atoms with Gasteiger partial charge in [-0.3, -0.25) is 0 Å². The fraction of sp³-hybridized carbons (Fsp3) is 0.444. The highest BCUT2D eigenvalue weighted by Gasteiger charge is 2.23. The Morgan fingerprint density at radius 1 is 1.50 bits per heavy atom. The summed E-state index contributed by atoms with van der Waals surface area (Å²) in [5, 5.41) is 8.93.